The summed E-state index contributed by atoms with van der Waals surface area (Å²) in [5.41, 5.74) is 0. The molecule has 0 unspecified atom stereocenters. The van der Waals surface area contributed by atoms with Crippen molar-refractivity contribution in [2.24, 2.45) is 0 Å². The van der Waals surface area contributed by atoms with Crippen LogP contribution in [0.15, 0.2) is 12.2 Å². The Morgan fingerprint density at radius 2 is 1.89 bits per heavy atom. The van der Waals surface area contributed by atoms with Crippen molar-refractivity contribution in [2.45, 2.75) is 25.7 Å². The second-order valence-corrected chi connectivity index (χ2v) is 4.31. The first-order chi connectivity index (χ1) is 8.39. The quantitative estimate of drug-likeness (QED) is 0.554. The summed E-state index contributed by atoms with van der Waals surface area (Å²) in [7, 11) is 0. The summed E-state index contributed by atoms with van der Waals surface area (Å²) in [6.07, 6.45) is 1.90. The van der Waals surface area contributed by atoms with Crippen LogP contribution in [-0.2, 0) is 14.3 Å². The second-order valence-electron chi connectivity index (χ2n) is 4.31. The molecule has 0 amide bonds. The van der Waals surface area contributed by atoms with Crippen LogP contribution in [-0.4, -0.2) is 48.8 Å². The maximum absolute atomic E-state index is 12.9. The number of ketones is 1. The minimum absolute atomic E-state index is 0.145. The fourth-order valence-corrected chi connectivity index (χ4v) is 1.61. The summed E-state index contributed by atoms with van der Waals surface area (Å²) >= 11 is 0. The highest BCUT2D eigenvalue weighted by molar-refractivity contribution is 5.94. The van der Waals surface area contributed by atoms with Gasteiger partial charge in [0.05, 0.1) is 0 Å². The summed E-state index contributed by atoms with van der Waals surface area (Å²) in [4.78, 5) is 23.5. The van der Waals surface area contributed by atoms with E-state index in [2.05, 4.69) is 0 Å². The van der Waals surface area contributed by atoms with Gasteiger partial charge >= 0.3 is 5.97 Å². The summed E-state index contributed by atoms with van der Waals surface area (Å²) in [6.45, 7) is 2.54. The first kappa shape index (κ1) is 14.8. The number of hydrogen-bond acceptors (Lipinski definition) is 4. The zero-order chi connectivity index (χ0) is 13.6. The van der Waals surface area contributed by atoms with Crippen molar-refractivity contribution in [3.8, 4) is 0 Å². The summed E-state index contributed by atoms with van der Waals surface area (Å²) < 4.78 is 30.5. The summed E-state index contributed by atoms with van der Waals surface area (Å²) in [6, 6.07) is 0. The first-order valence-corrected chi connectivity index (χ1v) is 5.85. The van der Waals surface area contributed by atoms with Crippen molar-refractivity contribution in [1.82, 2.24) is 4.90 Å². The zero-order valence-electron chi connectivity index (χ0n) is 10.3. The van der Waals surface area contributed by atoms with E-state index < -0.39 is 11.9 Å². The predicted molar refractivity (Wildman–Crippen MR) is 61.4 cm³/mol. The topological polar surface area (TPSA) is 46.6 Å². The van der Waals surface area contributed by atoms with Gasteiger partial charge in [0.1, 0.15) is 6.61 Å². The molecule has 0 spiro atoms. The normalized spacial score (nSPS) is 19.9. The van der Waals surface area contributed by atoms with Crippen molar-refractivity contribution in [2.75, 3.05) is 26.2 Å². The molecule has 102 valence electrons. The Morgan fingerprint density at radius 1 is 1.28 bits per heavy atom. The highest BCUT2D eigenvalue weighted by Gasteiger charge is 2.33. The number of ether oxygens (including phenoxy) is 1. The van der Waals surface area contributed by atoms with Crippen LogP contribution in [0, 0.1) is 0 Å². The van der Waals surface area contributed by atoms with E-state index in [0.717, 1.165) is 12.2 Å². The Hall–Kier alpha value is -1.30. The van der Waals surface area contributed by atoms with E-state index in [-0.39, 0.29) is 25.2 Å². The van der Waals surface area contributed by atoms with Crippen molar-refractivity contribution >= 4 is 11.8 Å². The monoisotopic (exact) mass is 261 g/mol. The predicted octanol–water partition coefficient (Wildman–Crippen LogP) is 1.41. The van der Waals surface area contributed by atoms with Crippen LogP contribution >= 0.6 is 0 Å². The lowest BCUT2D eigenvalue weighted by molar-refractivity contribution is -0.138. The Kier molecular flexibility index (Phi) is 5.40. The largest absolute Gasteiger partial charge is 0.461 e. The molecule has 4 nitrogen and oxygen atoms in total. The van der Waals surface area contributed by atoms with Gasteiger partial charge in [-0.2, -0.15) is 0 Å². The van der Waals surface area contributed by atoms with Crippen molar-refractivity contribution in [1.29, 1.82) is 0 Å². The van der Waals surface area contributed by atoms with Crippen LogP contribution in [0.25, 0.3) is 0 Å². The van der Waals surface area contributed by atoms with E-state index in [1.165, 1.54) is 6.92 Å². The minimum atomic E-state index is -2.56. The van der Waals surface area contributed by atoms with Gasteiger partial charge in [-0.1, -0.05) is 0 Å². The number of esters is 1. The third-order valence-corrected chi connectivity index (χ3v) is 2.69. The number of piperidine rings is 1. The molecule has 18 heavy (non-hydrogen) atoms. The average Bonchev–Trinajstić information content (AvgIpc) is 2.29. The molecule has 0 aromatic heterocycles. The maximum atomic E-state index is 12.9. The van der Waals surface area contributed by atoms with Crippen molar-refractivity contribution in [3.05, 3.63) is 12.2 Å². The fraction of sp³-hybridized carbons (Fsp3) is 0.667. The van der Waals surface area contributed by atoms with Gasteiger partial charge in [0.15, 0.2) is 5.78 Å². The smallest absolute Gasteiger partial charge is 0.330 e. The van der Waals surface area contributed by atoms with Gasteiger partial charge in [0.2, 0.25) is 0 Å². The van der Waals surface area contributed by atoms with E-state index >= 15 is 0 Å². The molecule has 0 N–H and O–H groups in total. The van der Waals surface area contributed by atoms with Crippen LogP contribution < -0.4 is 0 Å². The lowest BCUT2D eigenvalue weighted by Gasteiger charge is -2.31. The van der Waals surface area contributed by atoms with Gasteiger partial charge in [0, 0.05) is 38.6 Å². The van der Waals surface area contributed by atoms with Crippen LogP contribution in [0.2, 0.25) is 0 Å². The number of allylic oxidation sites excluding steroid dienone is 1. The molecule has 0 aliphatic carbocycles. The molecule has 0 aromatic carbocycles. The number of alkyl halides is 2. The molecular formula is C12H17F2NO3. The average molecular weight is 261 g/mol. The fourth-order valence-electron chi connectivity index (χ4n) is 1.61. The molecule has 1 fully saturated rings. The Bertz CT molecular complexity index is 332. The number of nitrogens with zero attached hydrogens (tertiary/aromatic N) is 1. The molecule has 0 saturated carbocycles. The Balaban J connectivity index is 2.15. The molecule has 1 rings (SSSR count). The van der Waals surface area contributed by atoms with Gasteiger partial charge in [-0.3, -0.25) is 9.69 Å². The molecule has 1 aliphatic rings. The van der Waals surface area contributed by atoms with Gasteiger partial charge in [-0.05, 0) is 13.0 Å². The number of rotatable bonds is 5. The van der Waals surface area contributed by atoms with E-state index in [1.807, 2.05) is 4.90 Å². The van der Waals surface area contributed by atoms with Crippen LogP contribution in [0.1, 0.15) is 19.8 Å². The number of likely N-dealkylation sites (tertiary alicyclic amines) is 1. The molecule has 0 radical (unpaired) electrons. The maximum Gasteiger partial charge on any atom is 0.330 e. The Labute approximate surface area is 105 Å². The molecule has 1 saturated heterocycles. The third kappa shape index (κ3) is 5.86. The molecule has 1 aliphatic heterocycles. The molecule has 0 aromatic rings. The number of halogens is 2. The lowest BCUT2D eigenvalue weighted by Crippen LogP contribution is -2.40. The summed E-state index contributed by atoms with van der Waals surface area (Å²) in [5.74, 6) is -3.38. The molecule has 0 atom stereocenters. The van der Waals surface area contributed by atoms with Crippen LogP contribution in [0.3, 0.4) is 0 Å². The van der Waals surface area contributed by atoms with Crippen molar-refractivity contribution < 1.29 is 23.1 Å². The van der Waals surface area contributed by atoms with E-state index in [4.69, 9.17) is 4.74 Å². The van der Waals surface area contributed by atoms with Crippen molar-refractivity contribution in [3.63, 3.8) is 0 Å². The van der Waals surface area contributed by atoms with Gasteiger partial charge < -0.3 is 4.74 Å². The number of carbonyl (C=O) groups excluding carboxylic acids is 2. The Morgan fingerprint density at radius 3 is 2.44 bits per heavy atom. The van der Waals surface area contributed by atoms with E-state index in [1.54, 1.807) is 0 Å². The van der Waals surface area contributed by atoms with E-state index in [0.29, 0.717) is 19.6 Å². The van der Waals surface area contributed by atoms with Crippen LogP contribution in [0.4, 0.5) is 8.78 Å². The summed E-state index contributed by atoms with van der Waals surface area (Å²) in [5, 5.41) is 0. The standard InChI is InChI=1S/C12H17F2NO3/c1-10(16)2-3-11(17)18-9-8-15-6-4-12(13,14)5-7-15/h2-3H,4-9H2,1H3/b3-2+. The van der Waals surface area contributed by atoms with Gasteiger partial charge in [0.25, 0.3) is 5.92 Å². The van der Waals surface area contributed by atoms with E-state index in [9.17, 15) is 18.4 Å². The second kappa shape index (κ2) is 6.58. The number of hydrogen-bond donors (Lipinski definition) is 0. The SMILES string of the molecule is CC(=O)/C=C/C(=O)OCCN1CCC(F)(F)CC1. The minimum Gasteiger partial charge on any atom is -0.461 e. The molecular weight excluding hydrogens is 244 g/mol. The third-order valence-electron chi connectivity index (χ3n) is 2.69. The number of carbonyl (C=O) groups is 2. The van der Waals surface area contributed by atoms with Crippen LogP contribution in [0.5, 0.6) is 0 Å². The molecule has 1 heterocycles. The van der Waals surface area contributed by atoms with Gasteiger partial charge in [-0.15, -0.1) is 0 Å². The highest BCUT2D eigenvalue weighted by atomic mass is 19.3. The first-order valence-electron chi connectivity index (χ1n) is 5.85. The molecule has 0 bridgehead atoms. The molecule has 6 heteroatoms. The highest BCUT2D eigenvalue weighted by Crippen LogP contribution is 2.27. The lowest BCUT2D eigenvalue weighted by atomic mass is 10.1. The van der Waals surface area contributed by atoms with Gasteiger partial charge in [-0.25, -0.2) is 13.6 Å². The zero-order valence-corrected chi connectivity index (χ0v) is 10.3.